The maximum Gasteiger partial charge on any atom is 0.272 e. The number of benzene rings is 1. The number of nitrogens with one attached hydrogen (secondary N) is 1. The molecule has 1 aromatic carbocycles. The Kier molecular flexibility index (Phi) is 4.85. The minimum atomic E-state index is -0.0752. The van der Waals surface area contributed by atoms with Crippen LogP contribution >= 0.6 is 11.6 Å². The summed E-state index contributed by atoms with van der Waals surface area (Å²) in [6.07, 6.45) is 1.83. The lowest BCUT2D eigenvalue weighted by Gasteiger charge is -2.34. The number of halogens is 1. The van der Waals surface area contributed by atoms with Gasteiger partial charge in [0.15, 0.2) is 0 Å². The fourth-order valence-electron chi connectivity index (χ4n) is 2.78. The summed E-state index contributed by atoms with van der Waals surface area (Å²) < 4.78 is 0. The van der Waals surface area contributed by atoms with Gasteiger partial charge in [0.25, 0.3) is 5.91 Å². The molecule has 0 bridgehead atoms. The second-order valence-corrected chi connectivity index (χ2v) is 6.23. The van der Waals surface area contributed by atoms with Gasteiger partial charge in [0.1, 0.15) is 11.5 Å². The molecule has 0 saturated carbocycles. The van der Waals surface area contributed by atoms with Gasteiger partial charge in [-0.15, -0.1) is 0 Å². The van der Waals surface area contributed by atoms with Crippen molar-refractivity contribution in [3.8, 4) is 0 Å². The molecule has 126 valence electrons. The van der Waals surface area contributed by atoms with Crippen molar-refractivity contribution in [3.63, 3.8) is 0 Å². The second-order valence-electron chi connectivity index (χ2n) is 5.82. The SMILES string of the molecule is Cc1ncc(C(=O)N2CCN(C(=O)Cc3ccccc3Cl)CC2)[nH]1. The van der Waals surface area contributed by atoms with Crippen molar-refractivity contribution < 1.29 is 9.59 Å². The molecule has 7 heteroatoms. The van der Waals surface area contributed by atoms with Gasteiger partial charge in [-0.3, -0.25) is 9.59 Å². The van der Waals surface area contributed by atoms with Gasteiger partial charge in [0.05, 0.1) is 12.6 Å². The number of amides is 2. The molecule has 1 fully saturated rings. The van der Waals surface area contributed by atoms with Crippen molar-refractivity contribution in [1.29, 1.82) is 0 Å². The molecule has 1 aliphatic rings. The summed E-state index contributed by atoms with van der Waals surface area (Å²) in [5.74, 6) is 0.674. The highest BCUT2D eigenvalue weighted by Crippen LogP contribution is 2.17. The molecule has 0 spiro atoms. The summed E-state index contributed by atoms with van der Waals surface area (Å²) in [6, 6.07) is 7.36. The summed E-state index contributed by atoms with van der Waals surface area (Å²) in [6.45, 7) is 3.91. The summed E-state index contributed by atoms with van der Waals surface area (Å²) in [5, 5.41) is 0.606. The highest BCUT2D eigenvalue weighted by molar-refractivity contribution is 6.31. The van der Waals surface area contributed by atoms with Crippen LogP contribution in [0.25, 0.3) is 0 Å². The number of carbonyl (C=O) groups excluding carboxylic acids is 2. The van der Waals surface area contributed by atoms with E-state index in [2.05, 4.69) is 9.97 Å². The van der Waals surface area contributed by atoms with E-state index in [9.17, 15) is 9.59 Å². The Hall–Kier alpha value is -2.34. The molecule has 1 aromatic heterocycles. The molecule has 2 aromatic rings. The Balaban J connectivity index is 1.56. The van der Waals surface area contributed by atoms with E-state index in [4.69, 9.17) is 11.6 Å². The highest BCUT2D eigenvalue weighted by Gasteiger charge is 2.25. The maximum absolute atomic E-state index is 12.4. The first-order chi connectivity index (χ1) is 11.5. The zero-order valence-electron chi connectivity index (χ0n) is 13.5. The molecule has 0 unspecified atom stereocenters. The van der Waals surface area contributed by atoms with Gasteiger partial charge < -0.3 is 14.8 Å². The van der Waals surface area contributed by atoms with Crippen LogP contribution in [0.1, 0.15) is 21.9 Å². The number of H-pyrrole nitrogens is 1. The van der Waals surface area contributed by atoms with Gasteiger partial charge in [0.2, 0.25) is 5.91 Å². The van der Waals surface area contributed by atoms with Crippen LogP contribution in [0.5, 0.6) is 0 Å². The number of hydrogen-bond acceptors (Lipinski definition) is 3. The molecule has 6 nitrogen and oxygen atoms in total. The molecule has 1 aliphatic heterocycles. The number of carbonyl (C=O) groups is 2. The number of imidazole rings is 1. The predicted octanol–water partition coefficient (Wildman–Crippen LogP) is 1.90. The van der Waals surface area contributed by atoms with E-state index in [1.54, 1.807) is 22.1 Å². The maximum atomic E-state index is 12.4. The molecule has 2 amide bonds. The number of hydrogen-bond donors (Lipinski definition) is 1. The third-order valence-corrected chi connectivity index (χ3v) is 4.52. The highest BCUT2D eigenvalue weighted by atomic mass is 35.5. The quantitative estimate of drug-likeness (QED) is 0.922. The lowest BCUT2D eigenvalue weighted by Crippen LogP contribution is -2.51. The summed E-state index contributed by atoms with van der Waals surface area (Å²) in [5.41, 5.74) is 1.32. The van der Waals surface area contributed by atoms with Crippen molar-refractivity contribution in [2.24, 2.45) is 0 Å². The van der Waals surface area contributed by atoms with Crippen LogP contribution in [0.3, 0.4) is 0 Å². The molecular formula is C17H19ClN4O2. The predicted molar refractivity (Wildman–Crippen MR) is 91.0 cm³/mol. The first kappa shape index (κ1) is 16.5. The van der Waals surface area contributed by atoms with E-state index >= 15 is 0 Å². The zero-order chi connectivity index (χ0) is 17.1. The van der Waals surface area contributed by atoms with Gasteiger partial charge in [-0.05, 0) is 18.6 Å². The molecule has 0 radical (unpaired) electrons. The Morgan fingerprint density at radius 2 is 1.83 bits per heavy atom. The largest absolute Gasteiger partial charge is 0.339 e. The third kappa shape index (κ3) is 3.59. The molecule has 1 saturated heterocycles. The average molecular weight is 347 g/mol. The van der Waals surface area contributed by atoms with Crippen LogP contribution in [-0.2, 0) is 11.2 Å². The summed E-state index contributed by atoms with van der Waals surface area (Å²) in [4.78, 5) is 35.3. The van der Waals surface area contributed by atoms with Gasteiger partial charge in [-0.2, -0.15) is 0 Å². The van der Waals surface area contributed by atoms with E-state index in [1.807, 2.05) is 25.1 Å². The molecule has 3 rings (SSSR count). The van der Waals surface area contributed by atoms with Gasteiger partial charge in [-0.1, -0.05) is 29.8 Å². The molecule has 1 N–H and O–H groups in total. The first-order valence-electron chi connectivity index (χ1n) is 7.86. The van der Waals surface area contributed by atoms with Crippen LogP contribution in [0.2, 0.25) is 5.02 Å². The van der Waals surface area contributed by atoms with E-state index in [1.165, 1.54) is 0 Å². The first-order valence-corrected chi connectivity index (χ1v) is 8.24. The summed E-state index contributed by atoms with van der Waals surface area (Å²) >= 11 is 6.11. The topological polar surface area (TPSA) is 69.3 Å². The second kappa shape index (κ2) is 7.05. The number of nitrogens with zero attached hydrogens (tertiary/aromatic N) is 3. The van der Waals surface area contributed by atoms with Crippen LogP contribution < -0.4 is 0 Å². The van der Waals surface area contributed by atoms with Crippen molar-refractivity contribution in [2.75, 3.05) is 26.2 Å². The van der Waals surface area contributed by atoms with Crippen molar-refractivity contribution >= 4 is 23.4 Å². The van der Waals surface area contributed by atoms with Gasteiger partial charge >= 0.3 is 0 Å². The van der Waals surface area contributed by atoms with Crippen LogP contribution in [0.4, 0.5) is 0 Å². The lowest BCUT2D eigenvalue weighted by atomic mass is 10.1. The molecule has 24 heavy (non-hydrogen) atoms. The average Bonchev–Trinajstić information content (AvgIpc) is 3.03. The van der Waals surface area contributed by atoms with Crippen molar-refractivity contribution in [1.82, 2.24) is 19.8 Å². The Morgan fingerprint density at radius 3 is 2.46 bits per heavy atom. The number of aryl methyl sites for hydroxylation is 1. The van der Waals surface area contributed by atoms with Crippen LogP contribution in [-0.4, -0.2) is 57.8 Å². The minimum Gasteiger partial charge on any atom is -0.339 e. The van der Waals surface area contributed by atoms with E-state index in [0.717, 1.165) is 5.56 Å². The molecule has 2 heterocycles. The van der Waals surface area contributed by atoms with Crippen molar-refractivity contribution in [2.45, 2.75) is 13.3 Å². The fraction of sp³-hybridized carbons (Fsp3) is 0.353. The third-order valence-electron chi connectivity index (χ3n) is 4.15. The Labute approximate surface area is 145 Å². The van der Waals surface area contributed by atoms with E-state index in [0.29, 0.717) is 42.7 Å². The fourth-order valence-corrected chi connectivity index (χ4v) is 2.98. The lowest BCUT2D eigenvalue weighted by molar-refractivity contribution is -0.131. The number of piperazine rings is 1. The van der Waals surface area contributed by atoms with E-state index in [-0.39, 0.29) is 18.2 Å². The smallest absolute Gasteiger partial charge is 0.272 e. The monoisotopic (exact) mass is 346 g/mol. The minimum absolute atomic E-state index is 0.0348. The van der Waals surface area contributed by atoms with Gasteiger partial charge in [-0.25, -0.2) is 4.98 Å². The number of rotatable bonds is 3. The molecule has 0 aliphatic carbocycles. The Morgan fingerprint density at radius 1 is 1.17 bits per heavy atom. The summed E-state index contributed by atoms with van der Waals surface area (Å²) in [7, 11) is 0. The molecule has 0 atom stereocenters. The number of aromatic amines is 1. The Bertz CT molecular complexity index is 751. The van der Waals surface area contributed by atoms with Crippen LogP contribution in [0.15, 0.2) is 30.5 Å². The normalized spacial score (nSPS) is 14.8. The number of aromatic nitrogens is 2. The standard InChI is InChI=1S/C17H19ClN4O2/c1-12-19-11-15(20-12)17(24)22-8-6-21(7-9-22)16(23)10-13-4-2-3-5-14(13)18/h2-5,11H,6-10H2,1H3,(H,19,20). The van der Waals surface area contributed by atoms with Crippen LogP contribution in [0, 0.1) is 6.92 Å². The molecular weight excluding hydrogens is 328 g/mol. The van der Waals surface area contributed by atoms with E-state index < -0.39 is 0 Å². The van der Waals surface area contributed by atoms with Crippen molar-refractivity contribution in [3.05, 3.63) is 52.6 Å². The zero-order valence-corrected chi connectivity index (χ0v) is 14.2. The van der Waals surface area contributed by atoms with Gasteiger partial charge in [0, 0.05) is 31.2 Å².